The summed E-state index contributed by atoms with van der Waals surface area (Å²) in [6.07, 6.45) is 0. The summed E-state index contributed by atoms with van der Waals surface area (Å²) in [6.45, 7) is 3.38. The van der Waals surface area contributed by atoms with Gasteiger partial charge in [0.1, 0.15) is 10.8 Å². The van der Waals surface area contributed by atoms with Crippen molar-refractivity contribution in [1.82, 2.24) is 5.32 Å². The number of nitrogens with one attached hydrogen (secondary N) is 2. The van der Waals surface area contributed by atoms with Crippen LogP contribution in [0, 0.1) is 12.7 Å². The number of carbonyl (C=O) groups excluding carboxylic acids is 3. The van der Waals surface area contributed by atoms with Crippen molar-refractivity contribution in [1.29, 1.82) is 0 Å². The van der Waals surface area contributed by atoms with E-state index in [-0.39, 0.29) is 33.5 Å². The summed E-state index contributed by atoms with van der Waals surface area (Å²) in [5.41, 5.74) is 0.326. The van der Waals surface area contributed by atoms with Crippen LogP contribution < -0.4 is 10.6 Å². The van der Waals surface area contributed by atoms with E-state index in [0.29, 0.717) is 5.56 Å². The van der Waals surface area contributed by atoms with Crippen LogP contribution in [0.5, 0.6) is 0 Å². The predicted octanol–water partition coefficient (Wildman–Crippen LogP) is 2.98. The topological polar surface area (TPSA) is 84.5 Å². The molecule has 0 saturated heterocycles. The van der Waals surface area contributed by atoms with Crippen molar-refractivity contribution in [3.63, 3.8) is 0 Å². The van der Waals surface area contributed by atoms with Gasteiger partial charge in [0.25, 0.3) is 11.8 Å². The first kappa shape index (κ1) is 18.6. The van der Waals surface area contributed by atoms with Gasteiger partial charge in [0.2, 0.25) is 0 Å². The van der Waals surface area contributed by atoms with Gasteiger partial charge < -0.3 is 15.4 Å². The molecule has 0 radical (unpaired) electrons. The van der Waals surface area contributed by atoms with Crippen molar-refractivity contribution in [2.75, 3.05) is 19.0 Å². The second kappa shape index (κ2) is 7.89. The van der Waals surface area contributed by atoms with Crippen LogP contribution in [0.1, 0.15) is 42.9 Å². The minimum absolute atomic E-state index is 0.0927. The van der Waals surface area contributed by atoms with Gasteiger partial charge in [-0.3, -0.25) is 9.59 Å². The molecule has 1 aromatic carbocycles. The van der Waals surface area contributed by atoms with Crippen LogP contribution in [0.4, 0.5) is 9.39 Å². The van der Waals surface area contributed by atoms with E-state index in [9.17, 15) is 18.8 Å². The molecule has 0 aliphatic rings. The molecule has 0 spiro atoms. The standard InChI is InChI=1S/C17H17FN2O4S/c1-4-24-17(23)12-9(2)13(15(22)19-3)25-16(12)20-14(21)10-7-5-6-8-11(10)18/h5-8H,4H2,1-3H3,(H,19,22)(H,20,21). The lowest BCUT2D eigenvalue weighted by Gasteiger charge is -2.07. The van der Waals surface area contributed by atoms with Crippen LogP contribution in [0.3, 0.4) is 0 Å². The molecule has 1 aromatic heterocycles. The number of hydrogen-bond donors (Lipinski definition) is 2. The van der Waals surface area contributed by atoms with Gasteiger partial charge >= 0.3 is 5.97 Å². The third-order valence-corrected chi connectivity index (χ3v) is 4.61. The van der Waals surface area contributed by atoms with E-state index in [1.54, 1.807) is 13.8 Å². The predicted molar refractivity (Wildman–Crippen MR) is 92.8 cm³/mol. The Morgan fingerprint density at radius 1 is 1.20 bits per heavy atom. The molecular weight excluding hydrogens is 347 g/mol. The fraction of sp³-hybridized carbons (Fsp3) is 0.235. The van der Waals surface area contributed by atoms with Crippen LogP contribution in [0.25, 0.3) is 0 Å². The maximum atomic E-state index is 13.8. The SMILES string of the molecule is CCOC(=O)c1c(NC(=O)c2ccccc2F)sc(C(=O)NC)c1C. The normalized spacial score (nSPS) is 10.2. The average Bonchev–Trinajstić information content (AvgIpc) is 2.90. The second-order valence-corrected chi connectivity index (χ2v) is 6.01. The van der Waals surface area contributed by atoms with Gasteiger partial charge in [-0.05, 0) is 31.5 Å². The minimum Gasteiger partial charge on any atom is -0.462 e. The zero-order chi connectivity index (χ0) is 18.6. The number of benzene rings is 1. The van der Waals surface area contributed by atoms with Gasteiger partial charge in [0.05, 0.1) is 22.6 Å². The lowest BCUT2D eigenvalue weighted by molar-refractivity contribution is 0.0527. The molecule has 1 heterocycles. The molecule has 0 aliphatic carbocycles. The fourth-order valence-electron chi connectivity index (χ4n) is 2.20. The number of anilines is 1. The smallest absolute Gasteiger partial charge is 0.341 e. The molecule has 2 N–H and O–H groups in total. The van der Waals surface area contributed by atoms with Gasteiger partial charge in [-0.1, -0.05) is 12.1 Å². The van der Waals surface area contributed by atoms with Gasteiger partial charge in [-0.2, -0.15) is 0 Å². The Morgan fingerprint density at radius 2 is 1.88 bits per heavy atom. The molecule has 0 saturated carbocycles. The van der Waals surface area contributed by atoms with Crippen LogP contribution >= 0.6 is 11.3 Å². The highest BCUT2D eigenvalue weighted by Crippen LogP contribution is 2.34. The molecule has 25 heavy (non-hydrogen) atoms. The van der Waals surface area contributed by atoms with Crippen LogP contribution in [0.15, 0.2) is 24.3 Å². The molecule has 6 nitrogen and oxygen atoms in total. The van der Waals surface area contributed by atoms with Gasteiger partial charge in [-0.25, -0.2) is 9.18 Å². The van der Waals surface area contributed by atoms with Crippen LogP contribution in [-0.2, 0) is 4.74 Å². The zero-order valence-corrected chi connectivity index (χ0v) is 14.8. The van der Waals surface area contributed by atoms with Crippen molar-refractivity contribution < 1.29 is 23.5 Å². The Hall–Kier alpha value is -2.74. The Morgan fingerprint density at radius 3 is 2.48 bits per heavy atom. The highest BCUT2D eigenvalue weighted by atomic mass is 32.1. The Bertz CT molecular complexity index is 832. The number of ether oxygens (including phenoxy) is 1. The second-order valence-electron chi connectivity index (χ2n) is 4.99. The van der Waals surface area contributed by atoms with E-state index in [2.05, 4.69) is 10.6 Å². The number of thiophene rings is 1. The molecule has 0 aliphatic heterocycles. The fourth-order valence-corrected chi connectivity index (χ4v) is 3.33. The summed E-state index contributed by atoms with van der Waals surface area (Å²) in [4.78, 5) is 36.8. The van der Waals surface area contributed by atoms with Gasteiger partial charge in [-0.15, -0.1) is 11.3 Å². The molecule has 0 fully saturated rings. The van der Waals surface area contributed by atoms with Gasteiger partial charge in [0.15, 0.2) is 0 Å². The van der Waals surface area contributed by atoms with E-state index < -0.39 is 17.7 Å². The summed E-state index contributed by atoms with van der Waals surface area (Å²) < 4.78 is 18.8. The monoisotopic (exact) mass is 364 g/mol. The number of carbonyl (C=O) groups is 3. The first-order chi connectivity index (χ1) is 11.9. The summed E-state index contributed by atoms with van der Waals surface area (Å²) in [7, 11) is 1.46. The molecule has 2 aromatic rings. The third kappa shape index (κ3) is 3.85. The quantitative estimate of drug-likeness (QED) is 0.799. The van der Waals surface area contributed by atoms with E-state index >= 15 is 0 Å². The summed E-state index contributed by atoms with van der Waals surface area (Å²) >= 11 is 0.935. The number of hydrogen-bond acceptors (Lipinski definition) is 5. The zero-order valence-electron chi connectivity index (χ0n) is 13.9. The van der Waals surface area contributed by atoms with E-state index in [1.807, 2.05) is 0 Å². The largest absolute Gasteiger partial charge is 0.462 e. The number of amides is 2. The number of esters is 1. The van der Waals surface area contributed by atoms with Crippen molar-refractivity contribution in [3.8, 4) is 0 Å². The number of rotatable bonds is 5. The van der Waals surface area contributed by atoms with Crippen LogP contribution in [0.2, 0.25) is 0 Å². The van der Waals surface area contributed by atoms with Crippen molar-refractivity contribution in [3.05, 3.63) is 51.7 Å². The third-order valence-electron chi connectivity index (χ3n) is 3.41. The minimum atomic E-state index is -0.714. The summed E-state index contributed by atoms with van der Waals surface area (Å²) in [5, 5.41) is 5.12. The maximum absolute atomic E-state index is 13.8. The molecule has 0 bridgehead atoms. The van der Waals surface area contributed by atoms with E-state index in [1.165, 1.54) is 25.2 Å². The molecule has 2 rings (SSSR count). The lowest BCUT2D eigenvalue weighted by atomic mass is 10.1. The molecule has 132 valence electrons. The van der Waals surface area contributed by atoms with Crippen molar-refractivity contribution in [2.24, 2.45) is 0 Å². The first-order valence-corrected chi connectivity index (χ1v) is 8.30. The summed E-state index contributed by atoms with van der Waals surface area (Å²) in [6, 6.07) is 5.49. The highest BCUT2D eigenvalue weighted by molar-refractivity contribution is 7.18. The van der Waals surface area contributed by atoms with Crippen molar-refractivity contribution in [2.45, 2.75) is 13.8 Å². The summed E-state index contributed by atoms with van der Waals surface area (Å²) in [5.74, 6) is -2.44. The molecular formula is C17H17FN2O4S. The molecule has 2 amide bonds. The molecule has 0 unspecified atom stereocenters. The molecule has 0 atom stereocenters. The lowest BCUT2D eigenvalue weighted by Crippen LogP contribution is -2.18. The van der Waals surface area contributed by atoms with Crippen molar-refractivity contribution >= 4 is 34.1 Å². The molecule has 8 heteroatoms. The Kier molecular flexibility index (Phi) is 5.87. The highest BCUT2D eigenvalue weighted by Gasteiger charge is 2.26. The maximum Gasteiger partial charge on any atom is 0.341 e. The Labute approximate surface area is 148 Å². The average molecular weight is 364 g/mol. The van der Waals surface area contributed by atoms with Crippen LogP contribution in [-0.4, -0.2) is 31.4 Å². The number of halogens is 1. The van der Waals surface area contributed by atoms with E-state index in [4.69, 9.17) is 4.74 Å². The Balaban J connectivity index is 2.45. The van der Waals surface area contributed by atoms with Gasteiger partial charge in [0, 0.05) is 7.05 Å². The van der Waals surface area contributed by atoms with E-state index in [0.717, 1.165) is 17.4 Å². The first-order valence-electron chi connectivity index (χ1n) is 7.49.